The number of hydrogen-bond donors (Lipinski definition) is 2. The highest BCUT2D eigenvalue weighted by atomic mass is 16.5. The SMILES string of the molecule is CCCc1ccc(-c2ccc(NC(=O)C(N)C3CCOCC3)cc2)cc1. The van der Waals surface area contributed by atoms with E-state index in [0.29, 0.717) is 13.2 Å². The summed E-state index contributed by atoms with van der Waals surface area (Å²) in [6.45, 7) is 3.57. The Morgan fingerprint density at radius 2 is 1.65 bits per heavy atom. The maximum absolute atomic E-state index is 12.4. The Bertz CT molecular complexity index is 704. The zero-order chi connectivity index (χ0) is 18.4. The van der Waals surface area contributed by atoms with E-state index < -0.39 is 6.04 Å². The first-order valence-electron chi connectivity index (χ1n) is 9.51. The molecule has 0 radical (unpaired) electrons. The number of rotatable bonds is 6. The van der Waals surface area contributed by atoms with Crippen LogP contribution in [0.25, 0.3) is 11.1 Å². The molecule has 0 bridgehead atoms. The zero-order valence-corrected chi connectivity index (χ0v) is 15.4. The maximum atomic E-state index is 12.4. The van der Waals surface area contributed by atoms with Crippen LogP contribution in [0.1, 0.15) is 31.7 Å². The van der Waals surface area contributed by atoms with E-state index in [1.165, 1.54) is 11.1 Å². The van der Waals surface area contributed by atoms with E-state index >= 15 is 0 Å². The summed E-state index contributed by atoms with van der Waals surface area (Å²) in [5, 5.41) is 2.94. The number of benzene rings is 2. The Balaban J connectivity index is 1.60. The van der Waals surface area contributed by atoms with E-state index in [0.717, 1.165) is 36.9 Å². The molecule has 138 valence electrons. The minimum atomic E-state index is -0.482. The van der Waals surface area contributed by atoms with Gasteiger partial charge in [0, 0.05) is 18.9 Å². The van der Waals surface area contributed by atoms with Crippen LogP contribution in [0.4, 0.5) is 5.69 Å². The van der Waals surface area contributed by atoms with Gasteiger partial charge in [0.05, 0.1) is 6.04 Å². The molecule has 1 unspecified atom stereocenters. The van der Waals surface area contributed by atoms with Gasteiger partial charge in [0.1, 0.15) is 0 Å². The molecule has 1 heterocycles. The molecule has 0 spiro atoms. The molecular weight excluding hydrogens is 324 g/mol. The molecule has 1 aliphatic rings. The minimum Gasteiger partial charge on any atom is -0.381 e. The van der Waals surface area contributed by atoms with Crippen molar-refractivity contribution in [1.82, 2.24) is 0 Å². The molecule has 26 heavy (non-hydrogen) atoms. The van der Waals surface area contributed by atoms with E-state index in [1.54, 1.807) is 0 Å². The molecule has 1 aliphatic heterocycles. The van der Waals surface area contributed by atoms with Crippen molar-refractivity contribution < 1.29 is 9.53 Å². The lowest BCUT2D eigenvalue weighted by Crippen LogP contribution is -2.43. The average Bonchev–Trinajstić information content (AvgIpc) is 2.69. The third-order valence-corrected chi connectivity index (χ3v) is 5.05. The van der Waals surface area contributed by atoms with Crippen molar-refractivity contribution in [2.45, 2.75) is 38.6 Å². The summed E-state index contributed by atoms with van der Waals surface area (Å²) in [7, 11) is 0. The predicted molar refractivity (Wildman–Crippen MR) is 106 cm³/mol. The fourth-order valence-electron chi connectivity index (χ4n) is 3.41. The van der Waals surface area contributed by atoms with Crippen molar-refractivity contribution in [3.63, 3.8) is 0 Å². The van der Waals surface area contributed by atoms with Crippen LogP contribution >= 0.6 is 0 Å². The van der Waals surface area contributed by atoms with Gasteiger partial charge in [0.25, 0.3) is 0 Å². The van der Waals surface area contributed by atoms with Gasteiger partial charge in [0.15, 0.2) is 0 Å². The van der Waals surface area contributed by atoms with Gasteiger partial charge < -0.3 is 15.8 Å². The normalized spacial score (nSPS) is 16.2. The van der Waals surface area contributed by atoms with Gasteiger partial charge in [-0.3, -0.25) is 4.79 Å². The molecular formula is C22H28N2O2. The lowest BCUT2D eigenvalue weighted by Gasteiger charge is -2.26. The molecule has 3 N–H and O–H groups in total. The summed E-state index contributed by atoms with van der Waals surface area (Å²) in [4.78, 5) is 12.4. The van der Waals surface area contributed by atoms with Crippen molar-refractivity contribution in [3.05, 3.63) is 54.1 Å². The van der Waals surface area contributed by atoms with Crippen molar-refractivity contribution >= 4 is 11.6 Å². The molecule has 2 aromatic carbocycles. The molecule has 4 heteroatoms. The molecule has 1 fully saturated rings. The van der Waals surface area contributed by atoms with E-state index in [9.17, 15) is 4.79 Å². The highest BCUT2D eigenvalue weighted by Crippen LogP contribution is 2.23. The van der Waals surface area contributed by atoms with Crippen LogP contribution < -0.4 is 11.1 Å². The molecule has 3 rings (SSSR count). The third kappa shape index (κ3) is 4.71. The highest BCUT2D eigenvalue weighted by molar-refractivity contribution is 5.95. The van der Waals surface area contributed by atoms with E-state index in [2.05, 4.69) is 36.5 Å². The van der Waals surface area contributed by atoms with Crippen LogP contribution in [0.3, 0.4) is 0 Å². The lowest BCUT2D eigenvalue weighted by molar-refractivity contribution is -0.119. The smallest absolute Gasteiger partial charge is 0.241 e. The summed E-state index contributed by atoms with van der Waals surface area (Å²) in [6, 6.07) is 16.1. The van der Waals surface area contributed by atoms with Gasteiger partial charge >= 0.3 is 0 Å². The number of aryl methyl sites for hydroxylation is 1. The van der Waals surface area contributed by atoms with Crippen molar-refractivity contribution in [1.29, 1.82) is 0 Å². The van der Waals surface area contributed by atoms with Gasteiger partial charge in [-0.1, -0.05) is 49.7 Å². The van der Waals surface area contributed by atoms with Crippen LogP contribution in [0.2, 0.25) is 0 Å². The third-order valence-electron chi connectivity index (χ3n) is 5.05. The molecule has 1 saturated heterocycles. The second-order valence-corrected chi connectivity index (χ2v) is 6.99. The summed E-state index contributed by atoms with van der Waals surface area (Å²) in [5.74, 6) is 0.0817. The standard InChI is InChI=1S/C22H28N2O2/c1-2-3-16-4-6-17(7-5-16)18-8-10-20(11-9-18)24-22(25)21(23)19-12-14-26-15-13-19/h4-11,19,21H,2-3,12-15,23H2,1H3,(H,24,25). The second kappa shape index (κ2) is 8.97. The molecule has 0 aliphatic carbocycles. The van der Waals surface area contributed by atoms with Crippen molar-refractivity contribution in [3.8, 4) is 11.1 Å². The Labute approximate surface area is 155 Å². The molecule has 1 atom stereocenters. The van der Waals surface area contributed by atoms with E-state index in [1.807, 2.05) is 24.3 Å². The monoisotopic (exact) mass is 352 g/mol. The van der Waals surface area contributed by atoms with E-state index in [-0.39, 0.29) is 11.8 Å². The van der Waals surface area contributed by atoms with Crippen LogP contribution in [-0.4, -0.2) is 25.2 Å². The molecule has 1 amide bonds. The Hall–Kier alpha value is -2.17. The minimum absolute atomic E-state index is 0.117. The summed E-state index contributed by atoms with van der Waals surface area (Å²) in [6.07, 6.45) is 3.96. The first-order valence-corrected chi connectivity index (χ1v) is 9.51. The summed E-state index contributed by atoms with van der Waals surface area (Å²) in [5.41, 5.74) is 10.6. The van der Waals surface area contributed by atoms with Gasteiger partial charge in [-0.2, -0.15) is 0 Å². The van der Waals surface area contributed by atoms with Gasteiger partial charge in [0.2, 0.25) is 5.91 Å². The molecule has 0 saturated carbocycles. The van der Waals surface area contributed by atoms with Crippen LogP contribution in [0.15, 0.2) is 48.5 Å². The number of carbonyl (C=O) groups is 1. The predicted octanol–water partition coefficient (Wildman–Crippen LogP) is 4.00. The van der Waals surface area contributed by atoms with Crippen LogP contribution in [-0.2, 0) is 16.0 Å². The second-order valence-electron chi connectivity index (χ2n) is 6.99. The Kier molecular flexibility index (Phi) is 6.42. The van der Waals surface area contributed by atoms with Crippen LogP contribution in [0, 0.1) is 5.92 Å². The first-order chi connectivity index (χ1) is 12.7. The largest absolute Gasteiger partial charge is 0.381 e. The quantitative estimate of drug-likeness (QED) is 0.826. The highest BCUT2D eigenvalue weighted by Gasteiger charge is 2.26. The van der Waals surface area contributed by atoms with Crippen LogP contribution in [0.5, 0.6) is 0 Å². The number of amides is 1. The average molecular weight is 352 g/mol. The number of nitrogens with one attached hydrogen (secondary N) is 1. The van der Waals surface area contributed by atoms with Gasteiger partial charge in [-0.25, -0.2) is 0 Å². The zero-order valence-electron chi connectivity index (χ0n) is 15.4. The first kappa shape index (κ1) is 18.6. The lowest BCUT2D eigenvalue weighted by atomic mass is 9.92. The Morgan fingerprint density at radius 1 is 1.08 bits per heavy atom. The number of ether oxygens (including phenoxy) is 1. The summed E-state index contributed by atoms with van der Waals surface area (Å²) < 4.78 is 5.34. The van der Waals surface area contributed by atoms with Gasteiger partial charge in [-0.15, -0.1) is 0 Å². The topological polar surface area (TPSA) is 64.4 Å². The fourth-order valence-corrected chi connectivity index (χ4v) is 3.41. The number of anilines is 1. The van der Waals surface area contributed by atoms with Crippen molar-refractivity contribution in [2.24, 2.45) is 11.7 Å². The summed E-state index contributed by atoms with van der Waals surface area (Å²) >= 11 is 0. The Morgan fingerprint density at radius 3 is 2.23 bits per heavy atom. The van der Waals surface area contributed by atoms with Gasteiger partial charge in [-0.05, 0) is 54.0 Å². The fraction of sp³-hybridized carbons (Fsp3) is 0.409. The molecule has 0 aromatic heterocycles. The molecule has 4 nitrogen and oxygen atoms in total. The number of nitrogens with two attached hydrogens (primary N) is 1. The van der Waals surface area contributed by atoms with Crippen molar-refractivity contribution in [2.75, 3.05) is 18.5 Å². The maximum Gasteiger partial charge on any atom is 0.241 e. The number of hydrogen-bond acceptors (Lipinski definition) is 3. The molecule has 2 aromatic rings. The number of carbonyl (C=O) groups excluding carboxylic acids is 1. The van der Waals surface area contributed by atoms with E-state index in [4.69, 9.17) is 10.5 Å².